The Kier molecular flexibility index (Phi) is 3.94. The standard InChI is InChI=1S/C14H19NO3S/c1-4-5-15-12(16)7-11(14(17)18)13(15)10-6-8(2)19-9(10)3/h6,11,13H,4-5,7H2,1-3H3,(H,17,18). The molecule has 1 fully saturated rings. The van der Waals surface area contributed by atoms with Crippen molar-refractivity contribution in [3.8, 4) is 0 Å². The van der Waals surface area contributed by atoms with Crippen molar-refractivity contribution in [2.45, 2.75) is 39.7 Å². The Morgan fingerprint density at radius 2 is 2.21 bits per heavy atom. The third kappa shape index (κ3) is 2.52. The van der Waals surface area contributed by atoms with Crippen LogP contribution in [0, 0.1) is 19.8 Å². The van der Waals surface area contributed by atoms with Crippen molar-refractivity contribution >= 4 is 23.2 Å². The van der Waals surface area contributed by atoms with Crippen LogP contribution < -0.4 is 0 Å². The Balaban J connectivity index is 2.43. The minimum absolute atomic E-state index is 0.0393. The quantitative estimate of drug-likeness (QED) is 0.923. The van der Waals surface area contributed by atoms with Gasteiger partial charge >= 0.3 is 5.97 Å². The smallest absolute Gasteiger partial charge is 0.309 e. The second kappa shape index (κ2) is 5.33. The highest BCUT2D eigenvalue weighted by Crippen LogP contribution is 2.41. The number of aryl methyl sites for hydroxylation is 2. The van der Waals surface area contributed by atoms with Gasteiger partial charge in [-0.1, -0.05) is 6.92 Å². The lowest BCUT2D eigenvalue weighted by atomic mass is 9.94. The first kappa shape index (κ1) is 14.1. The molecule has 5 heteroatoms. The lowest BCUT2D eigenvalue weighted by Crippen LogP contribution is -2.31. The van der Waals surface area contributed by atoms with Crippen LogP contribution in [-0.4, -0.2) is 28.4 Å². The lowest BCUT2D eigenvalue weighted by molar-refractivity contribution is -0.142. The zero-order chi connectivity index (χ0) is 14.2. The lowest BCUT2D eigenvalue weighted by Gasteiger charge is -2.26. The number of carbonyl (C=O) groups excluding carboxylic acids is 1. The van der Waals surface area contributed by atoms with Crippen LogP contribution in [0.15, 0.2) is 6.07 Å². The summed E-state index contributed by atoms with van der Waals surface area (Å²) in [7, 11) is 0. The Morgan fingerprint density at radius 1 is 1.53 bits per heavy atom. The number of amides is 1. The number of aliphatic carboxylic acids is 1. The molecule has 2 atom stereocenters. The van der Waals surface area contributed by atoms with E-state index in [0.29, 0.717) is 6.54 Å². The van der Waals surface area contributed by atoms with Gasteiger partial charge in [-0.25, -0.2) is 0 Å². The number of carboxylic acids is 1. The van der Waals surface area contributed by atoms with Crippen molar-refractivity contribution in [3.05, 3.63) is 21.4 Å². The van der Waals surface area contributed by atoms with E-state index in [2.05, 4.69) is 0 Å². The van der Waals surface area contributed by atoms with Crippen molar-refractivity contribution in [2.24, 2.45) is 5.92 Å². The van der Waals surface area contributed by atoms with Crippen LogP contribution in [0.2, 0.25) is 0 Å². The summed E-state index contributed by atoms with van der Waals surface area (Å²) in [5.74, 6) is -1.53. The number of carbonyl (C=O) groups is 2. The summed E-state index contributed by atoms with van der Waals surface area (Å²) in [5, 5.41) is 9.37. The summed E-state index contributed by atoms with van der Waals surface area (Å²) < 4.78 is 0. The second-order valence-corrected chi connectivity index (χ2v) is 6.51. The number of hydrogen-bond acceptors (Lipinski definition) is 3. The average Bonchev–Trinajstić information content (AvgIpc) is 2.81. The number of hydrogen-bond donors (Lipinski definition) is 1. The zero-order valence-corrected chi connectivity index (χ0v) is 12.3. The predicted octanol–water partition coefficient (Wildman–Crippen LogP) is 2.75. The molecule has 1 N–H and O–H groups in total. The normalized spacial score (nSPS) is 23.1. The summed E-state index contributed by atoms with van der Waals surface area (Å²) >= 11 is 1.66. The van der Waals surface area contributed by atoms with Gasteiger partial charge in [0.05, 0.1) is 12.0 Å². The summed E-state index contributed by atoms with van der Waals surface area (Å²) in [6.07, 6.45) is 0.963. The first-order valence-electron chi connectivity index (χ1n) is 6.55. The van der Waals surface area contributed by atoms with Gasteiger partial charge in [-0.3, -0.25) is 9.59 Å². The van der Waals surface area contributed by atoms with Crippen molar-refractivity contribution in [3.63, 3.8) is 0 Å². The SMILES string of the molecule is CCCN1C(=O)CC(C(=O)O)C1c1cc(C)sc1C. The van der Waals surface area contributed by atoms with E-state index in [1.165, 1.54) is 0 Å². The van der Waals surface area contributed by atoms with Crippen molar-refractivity contribution < 1.29 is 14.7 Å². The second-order valence-electron chi connectivity index (χ2n) is 5.05. The molecular weight excluding hydrogens is 262 g/mol. The molecule has 1 aromatic heterocycles. The summed E-state index contributed by atoms with van der Waals surface area (Å²) in [6, 6.07) is 1.73. The van der Waals surface area contributed by atoms with Crippen LogP contribution >= 0.6 is 11.3 Å². The molecule has 1 saturated heterocycles. The molecule has 1 amide bonds. The molecule has 0 aromatic carbocycles. The average molecular weight is 281 g/mol. The molecule has 19 heavy (non-hydrogen) atoms. The maximum atomic E-state index is 12.0. The molecule has 0 bridgehead atoms. The Hall–Kier alpha value is -1.36. The van der Waals surface area contributed by atoms with Crippen molar-refractivity contribution in [1.82, 2.24) is 4.90 Å². The fourth-order valence-corrected chi connectivity index (χ4v) is 3.81. The van der Waals surface area contributed by atoms with Crippen LogP contribution in [0.5, 0.6) is 0 Å². The summed E-state index contributed by atoms with van der Waals surface area (Å²) in [6.45, 7) is 6.64. The molecule has 104 valence electrons. The monoisotopic (exact) mass is 281 g/mol. The van der Waals surface area contributed by atoms with Crippen LogP contribution in [0.4, 0.5) is 0 Å². The number of carboxylic acid groups (broad SMARTS) is 1. The van der Waals surface area contributed by atoms with E-state index in [9.17, 15) is 14.7 Å². The molecule has 0 aliphatic carbocycles. The Morgan fingerprint density at radius 3 is 2.68 bits per heavy atom. The minimum atomic E-state index is -0.875. The molecule has 1 aromatic rings. The van der Waals surface area contributed by atoms with Gasteiger partial charge in [0.25, 0.3) is 0 Å². The van der Waals surface area contributed by atoms with Gasteiger partial charge in [0.1, 0.15) is 0 Å². The highest BCUT2D eigenvalue weighted by molar-refractivity contribution is 7.12. The third-order valence-corrected chi connectivity index (χ3v) is 4.59. The summed E-state index contributed by atoms with van der Waals surface area (Å²) in [5.41, 5.74) is 1.01. The van der Waals surface area contributed by atoms with E-state index in [-0.39, 0.29) is 18.4 Å². The molecule has 1 aliphatic heterocycles. The molecule has 0 radical (unpaired) electrons. The predicted molar refractivity (Wildman–Crippen MR) is 74.3 cm³/mol. The van der Waals surface area contributed by atoms with E-state index >= 15 is 0 Å². The van der Waals surface area contributed by atoms with Gasteiger partial charge in [0.15, 0.2) is 0 Å². The Labute approximate surface area is 117 Å². The molecule has 1 aliphatic rings. The van der Waals surface area contributed by atoms with E-state index in [4.69, 9.17) is 0 Å². The van der Waals surface area contributed by atoms with Gasteiger partial charge in [-0.05, 0) is 31.9 Å². The largest absolute Gasteiger partial charge is 0.481 e. The maximum absolute atomic E-state index is 12.0. The van der Waals surface area contributed by atoms with Crippen LogP contribution in [0.3, 0.4) is 0 Å². The van der Waals surface area contributed by atoms with E-state index < -0.39 is 11.9 Å². The van der Waals surface area contributed by atoms with Gasteiger partial charge in [-0.2, -0.15) is 0 Å². The van der Waals surface area contributed by atoms with Crippen molar-refractivity contribution in [2.75, 3.05) is 6.54 Å². The van der Waals surface area contributed by atoms with Crippen LogP contribution in [-0.2, 0) is 9.59 Å². The highest BCUT2D eigenvalue weighted by atomic mass is 32.1. The molecule has 4 nitrogen and oxygen atoms in total. The zero-order valence-electron chi connectivity index (χ0n) is 11.5. The van der Waals surface area contributed by atoms with E-state index in [1.807, 2.05) is 26.8 Å². The van der Waals surface area contributed by atoms with Gasteiger partial charge in [-0.15, -0.1) is 11.3 Å². The van der Waals surface area contributed by atoms with Crippen LogP contribution in [0.1, 0.15) is 41.1 Å². The van der Waals surface area contributed by atoms with E-state index in [0.717, 1.165) is 21.7 Å². The first-order valence-corrected chi connectivity index (χ1v) is 7.36. The number of rotatable bonds is 4. The van der Waals surface area contributed by atoms with E-state index in [1.54, 1.807) is 16.2 Å². The molecule has 2 heterocycles. The maximum Gasteiger partial charge on any atom is 0.309 e. The molecular formula is C14H19NO3S. The van der Waals surface area contributed by atoms with Crippen LogP contribution in [0.25, 0.3) is 0 Å². The van der Waals surface area contributed by atoms with Gasteiger partial charge < -0.3 is 10.0 Å². The molecule has 2 unspecified atom stereocenters. The van der Waals surface area contributed by atoms with Gasteiger partial charge in [0, 0.05) is 22.7 Å². The Bertz CT molecular complexity index is 509. The number of nitrogens with zero attached hydrogens (tertiary/aromatic N) is 1. The molecule has 0 spiro atoms. The molecule has 2 rings (SSSR count). The first-order chi connectivity index (χ1) is 8.95. The summed E-state index contributed by atoms with van der Waals surface area (Å²) in [4.78, 5) is 27.5. The third-order valence-electron chi connectivity index (χ3n) is 3.61. The fourth-order valence-electron chi connectivity index (χ4n) is 2.85. The van der Waals surface area contributed by atoms with Gasteiger partial charge in [0.2, 0.25) is 5.91 Å². The van der Waals surface area contributed by atoms with Crippen molar-refractivity contribution in [1.29, 1.82) is 0 Å². The number of thiophene rings is 1. The minimum Gasteiger partial charge on any atom is -0.481 e. The highest BCUT2D eigenvalue weighted by Gasteiger charge is 2.45. The fraction of sp³-hybridized carbons (Fsp3) is 0.571. The molecule has 0 saturated carbocycles. The topological polar surface area (TPSA) is 57.6 Å². The number of likely N-dealkylation sites (tertiary alicyclic amines) is 1.